The lowest BCUT2D eigenvalue weighted by molar-refractivity contribution is 0.305. The molecule has 148 valence electrons. The van der Waals surface area contributed by atoms with Crippen molar-refractivity contribution < 1.29 is 13.5 Å². The van der Waals surface area contributed by atoms with Crippen molar-refractivity contribution in [2.45, 2.75) is 25.9 Å². The minimum Gasteiger partial charge on any atom is -0.488 e. The van der Waals surface area contributed by atoms with Crippen molar-refractivity contribution in [1.82, 2.24) is 5.43 Å². The van der Waals surface area contributed by atoms with Gasteiger partial charge in [0.05, 0.1) is 11.9 Å². The number of benzene rings is 2. The molecule has 0 unspecified atom stereocenters. The molecule has 3 rings (SSSR count). The summed E-state index contributed by atoms with van der Waals surface area (Å²) in [4.78, 5) is 2.03. The first-order chi connectivity index (χ1) is 13.5. The van der Waals surface area contributed by atoms with E-state index >= 15 is 0 Å². The maximum Gasteiger partial charge on any atom is 0.184 e. The molecule has 0 spiro atoms. The van der Waals surface area contributed by atoms with Crippen molar-refractivity contribution in [2.24, 2.45) is 10.8 Å². The molecule has 5 nitrogen and oxygen atoms in total. The number of ether oxygens (including phenoxy) is 1. The third-order valence-corrected chi connectivity index (χ3v) is 4.55. The number of halogens is 2. The minimum absolute atomic E-state index is 0.00967. The highest BCUT2D eigenvalue weighted by atomic mass is 32.1. The Morgan fingerprint density at radius 3 is 2.57 bits per heavy atom. The van der Waals surface area contributed by atoms with Gasteiger partial charge < -0.3 is 15.4 Å². The fraction of sp³-hybridized carbons (Fsp3) is 0.300. The van der Waals surface area contributed by atoms with Gasteiger partial charge in [0.1, 0.15) is 24.0 Å². The van der Waals surface area contributed by atoms with Crippen LogP contribution < -0.4 is 20.8 Å². The summed E-state index contributed by atoms with van der Waals surface area (Å²) in [6.45, 7) is 1.84. The Kier molecular flexibility index (Phi) is 6.76. The number of nitrogens with two attached hydrogens (primary N) is 1. The van der Waals surface area contributed by atoms with Crippen molar-refractivity contribution in [3.05, 3.63) is 59.2 Å². The molecule has 3 N–H and O–H groups in total. The first kappa shape index (κ1) is 20.0. The highest BCUT2D eigenvalue weighted by Gasteiger charge is 2.18. The second-order valence-electron chi connectivity index (χ2n) is 6.54. The second-order valence-corrected chi connectivity index (χ2v) is 6.98. The summed E-state index contributed by atoms with van der Waals surface area (Å²) in [5.41, 5.74) is 9.56. The summed E-state index contributed by atoms with van der Waals surface area (Å²) in [7, 11) is 0. The molecular weight excluding hydrogens is 382 g/mol. The van der Waals surface area contributed by atoms with Gasteiger partial charge in [-0.05, 0) is 55.2 Å². The van der Waals surface area contributed by atoms with Crippen LogP contribution in [0.3, 0.4) is 0 Å². The number of hydrogen-bond donors (Lipinski definition) is 2. The van der Waals surface area contributed by atoms with Crippen LogP contribution in [-0.2, 0) is 6.61 Å². The van der Waals surface area contributed by atoms with Crippen LogP contribution in [0.2, 0.25) is 0 Å². The van der Waals surface area contributed by atoms with Crippen molar-refractivity contribution in [3.8, 4) is 5.75 Å². The number of hydrogen-bond acceptors (Lipinski definition) is 4. The summed E-state index contributed by atoms with van der Waals surface area (Å²) in [5, 5.41) is 3.91. The molecule has 1 saturated heterocycles. The number of nitrogens with one attached hydrogen (secondary N) is 1. The molecule has 2 aromatic rings. The Hall–Kier alpha value is -2.74. The standard InChI is InChI=1S/C20H22F2N4OS/c21-16-6-4-14(5-7-16)13-27-19-11-18(26-8-2-1-3-9-26)17(22)10-15(19)12-24-25-20(23)28/h4-7,10-12H,1-3,8-9,13H2,(H3,23,25,28). The zero-order valence-corrected chi connectivity index (χ0v) is 16.1. The van der Waals surface area contributed by atoms with Crippen LogP contribution in [0.15, 0.2) is 41.5 Å². The molecule has 1 aliphatic rings. The summed E-state index contributed by atoms with van der Waals surface area (Å²) in [5.74, 6) is -0.179. The Balaban J connectivity index is 1.86. The molecule has 0 atom stereocenters. The van der Waals surface area contributed by atoms with E-state index in [1.54, 1.807) is 18.2 Å². The molecule has 8 heteroatoms. The van der Waals surface area contributed by atoms with E-state index in [0.717, 1.165) is 37.9 Å². The molecular formula is C20H22F2N4OS. The number of rotatable bonds is 6. The van der Waals surface area contributed by atoms with Crippen LogP contribution in [0.5, 0.6) is 5.75 Å². The van der Waals surface area contributed by atoms with E-state index in [4.69, 9.17) is 22.7 Å². The third kappa shape index (κ3) is 5.39. The monoisotopic (exact) mass is 404 g/mol. The molecule has 1 aliphatic heterocycles. The smallest absolute Gasteiger partial charge is 0.184 e. The Labute approximate surface area is 168 Å². The molecule has 1 heterocycles. The predicted octanol–water partition coefficient (Wildman–Crippen LogP) is 3.70. The van der Waals surface area contributed by atoms with Gasteiger partial charge in [-0.2, -0.15) is 5.10 Å². The van der Waals surface area contributed by atoms with Crippen molar-refractivity contribution in [2.75, 3.05) is 18.0 Å². The van der Waals surface area contributed by atoms with Gasteiger partial charge in [-0.25, -0.2) is 8.78 Å². The van der Waals surface area contributed by atoms with Crippen LogP contribution >= 0.6 is 12.2 Å². The largest absolute Gasteiger partial charge is 0.488 e. The number of thiocarbonyl (C=S) groups is 1. The zero-order valence-electron chi connectivity index (χ0n) is 15.3. The number of anilines is 1. The first-order valence-corrected chi connectivity index (χ1v) is 9.48. The van der Waals surface area contributed by atoms with Crippen LogP contribution in [-0.4, -0.2) is 24.4 Å². The molecule has 0 bridgehead atoms. The van der Waals surface area contributed by atoms with E-state index in [9.17, 15) is 8.78 Å². The fourth-order valence-electron chi connectivity index (χ4n) is 3.07. The van der Waals surface area contributed by atoms with E-state index < -0.39 is 0 Å². The zero-order chi connectivity index (χ0) is 19.9. The molecule has 0 aliphatic carbocycles. The SMILES string of the molecule is NC(=S)NN=Cc1cc(F)c(N2CCCCC2)cc1OCc1ccc(F)cc1. The van der Waals surface area contributed by atoms with Crippen LogP contribution in [0.4, 0.5) is 14.5 Å². The van der Waals surface area contributed by atoms with Gasteiger partial charge in [-0.1, -0.05) is 12.1 Å². The number of nitrogens with zero attached hydrogens (tertiary/aromatic N) is 2. The number of piperidine rings is 1. The Morgan fingerprint density at radius 2 is 1.89 bits per heavy atom. The van der Waals surface area contributed by atoms with Gasteiger partial charge in [-0.3, -0.25) is 5.43 Å². The van der Waals surface area contributed by atoms with Crippen molar-refractivity contribution >= 4 is 29.2 Å². The van der Waals surface area contributed by atoms with E-state index in [1.165, 1.54) is 24.4 Å². The van der Waals surface area contributed by atoms with E-state index in [0.29, 0.717) is 17.0 Å². The van der Waals surface area contributed by atoms with Crippen molar-refractivity contribution in [3.63, 3.8) is 0 Å². The predicted molar refractivity (Wildman–Crippen MR) is 111 cm³/mol. The van der Waals surface area contributed by atoms with Gasteiger partial charge in [0.15, 0.2) is 5.11 Å². The third-order valence-electron chi connectivity index (χ3n) is 4.46. The summed E-state index contributed by atoms with van der Waals surface area (Å²) in [6, 6.07) is 9.11. The average Bonchev–Trinajstić information content (AvgIpc) is 2.69. The molecule has 0 amide bonds. The lowest BCUT2D eigenvalue weighted by atomic mass is 10.1. The Bertz CT molecular complexity index is 852. The number of hydrazone groups is 1. The quantitative estimate of drug-likeness (QED) is 0.437. The van der Waals surface area contributed by atoms with Crippen LogP contribution in [0.25, 0.3) is 0 Å². The van der Waals surface area contributed by atoms with Gasteiger partial charge in [0, 0.05) is 24.7 Å². The minimum atomic E-state index is -0.340. The lowest BCUT2D eigenvalue weighted by Gasteiger charge is -2.29. The Morgan fingerprint density at radius 1 is 1.18 bits per heavy atom. The maximum absolute atomic E-state index is 14.7. The highest BCUT2D eigenvalue weighted by molar-refractivity contribution is 7.80. The topological polar surface area (TPSA) is 62.9 Å². The van der Waals surface area contributed by atoms with E-state index in [1.807, 2.05) is 4.90 Å². The first-order valence-electron chi connectivity index (χ1n) is 9.07. The molecule has 0 radical (unpaired) electrons. The molecule has 1 fully saturated rings. The average molecular weight is 404 g/mol. The molecule has 0 aromatic heterocycles. The van der Waals surface area contributed by atoms with Crippen LogP contribution in [0.1, 0.15) is 30.4 Å². The maximum atomic E-state index is 14.7. The highest BCUT2D eigenvalue weighted by Crippen LogP contribution is 2.31. The molecule has 0 saturated carbocycles. The van der Waals surface area contributed by atoms with Gasteiger partial charge >= 0.3 is 0 Å². The van der Waals surface area contributed by atoms with E-state index in [2.05, 4.69) is 10.5 Å². The molecule has 28 heavy (non-hydrogen) atoms. The van der Waals surface area contributed by atoms with Gasteiger partial charge in [0.2, 0.25) is 0 Å². The lowest BCUT2D eigenvalue weighted by Crippen LogP contribution is -2.30. The normalized spacial score (nSPS) is 14.3. The van der Waals surface area contributed by atoms with Crippen molar-refractivity contribution in [1.29, 1.82) is 0 Å². The van der Waals surface area contributed by atoms with E-state index in [-0.39, 0.29) is 23.4 Å². The summed E-state index contributed by atoms with van der Waals surface area (Å²) in [6.07, 6.45) is 4.63. The van der Waals surface area contributed by atoms with Crippen LogP contribution in [0, 0.1) is 11.6 Å². The summed E-state index contributed by atoms with van der Waals surface area (Å²) < 4.78 is 33.7. The fourth-order valence-corrected chi connectivity index (χ4v) is 3.12. The summed E-state index contributed by atoms with van der Waals surface area (Å²) >= 11 is 4.71. The molecule has 2 aromatic carbocycles. The van der Waals surface area contributed by atoms with Gasteiger partial charge in [-0.15, -0.1) is 0 Å². The second kappa shape index (κ2) is 9.45. The van der Waals surface area contributed by atoms with Gasteiger partial charge in [0.25, 0.3) is 0 Å².